The van der Waals surface area contributed by atoms with Crippen LogP contribution in [0.1, 0.15) is 16.2 Å². The minimum absolute atomic E-state index is 0.0464. The first-order valence-corrected chi connectivity index (χ1v) is 9.74. The Bertz CT molecular complexity index is 939. The van der Waals surface area contributed by atoms with Crippen molar-refractivity contribution in [3.8, 4) is 11.4 Å². The second-order valence-electron chi connectivity index (χ2n) is 6.22. The van der Waals surface area contributed by atoms with Gasteiger partial charge in [0.1, 0.15) is 5.82 Å². The number of benzene rings is 1. The topological polar surface area (TPSA) is 62.5 Å². The molecule has 0 aliphatic carbocycles. The van der Waals surface area contributed by atoms with Crippen LogP contribution in [-0.2, 0) is 6.54 Å². The van der Waals surface area contributed by atoms with E-state index in [0.29, 0.717) is 44.4 Å². The molecule has 1 aromatic carbocycles. The van der Waals surface area contributed by atoms with E-state index < -0.39 is 5.82 Å². The average molecular weight is 407 g/mol. The maximum absolute atomic E-state index is 14.0. The minimum atomic E-state index is -0.596. The highest BCUT2D eigenvalue weighted by molar-refractivity contribution is 7.08. The second-order valence-corrected chi connectivity index (χ2v) is 7.43. The summed E-state index contributed by atoms with van der Waals surface area (Å²) in [7, 11) is 0. The lowest BCUT2D eigenvalue weighted by atomic mass is 10.1. The van der Waals surface area contributed by atoms with Crippen LogP contribution in [0.5, 0.6) is 0 Å². The molecule has 0 saturated carbocycles. The molecular weight excluding hydrogens is 391 g/mol. The van der Waals surface area contributed by atoms with Crippen molar-refractivity contribution >= 4 is 28.8 Å². The third-order valence-corrected chi connectivity index (χ3v) is 5.35. The van der Waals surface area contributed by atoms with Gasteiger partial charge in [-0.25, -0.2) is 4.39 Å². The van der Waals surface area contributed by atoms with Gasteiger partial charge >= 0.3 is 0 Å². The first-order chi connectivity index (χ1) is 13.1. The molecule has 27 heavy (non-hydrogen) atoms. The molecule has 0 unspecified atom stereocenters. The van der Waals surface area contributed by atoms with Gasteiger partial charge in [0.2, 0.25) is 11.7 Å². The fourth-order valence-electron chi connectivity index (χ4n) is 2.96. The fourth-order valence-corrected chi connectivity index (χ4v) is 3.75. The van der Waals surface area contributed by atoms with Crippen molar-refractivity contribution in [3.05, 3.63) is 57.3 Å². The average Bonchev–Trinajstić information content (AvgIpc) is 3.33. The van der Waals surface area contributed by atoms with Gasteiger partial charge in [-0.05, 0) is 29.6 Å². The van der Waals surface area contributed by atoms with Crippen LogP contribution in [0.15, 0.2) is 39.5 Å². The van der Waals surface area contributed by atoms with Crippen molar-refractivity contribution in [2.75, 3.05) is 26.2 Å². The second kappa shape index (κ2) is 7.75. The van der Waals surface area contributed by atoms with Crippen LogP contribution in [0, 0.1) is 5.82 Å². The Balaban J connectivity index is 1.34. The summed E-state index contributed by atoms with van der Waals surface area (Å²) in [5.41, 5.74) is 0.987. The Labute approximate surface area is 164 Å². The number of amides is 1. The molecular formula is C18H16ClFN4O2S. The van der Waals surface area contributed by atoms with E-state index in [4.69, 9.17) is 16.1 Å². The van der Waals surface area contributed by atoms with Gasteiger partial charge in [0.25, 0.3) is 5.91 Å². The Morgan fingerprint density at radius 3 is 2.78 bits per heavy atom. The van der Waals surface area contributed by atoms with E-state index in [2.05, 4.69) is 15.0 Å². The number of aromatic nitrogens is 2. The molecule has 140 valence electrons. The Kier molecular flexibility index (Phi) is 5.20. The van der Waals surface area contributed by atoms with Crippen LogP contribution in [0.4, 0.5) is 4.39 Å². The third kappa shape index (κ3) is 4.02. The summed E-state index contributed by atoms with van der Waals surface area (Å²) < 4.78 is 19.3. The van der Waals surface area contributed by atoms with E-state index in [9.17, 15) is 9.18 Å². The molecule has 6 nitrogen and oxygen atoms in total. The highest BCUT2D eigenvalue weighted by atomic mass is 35.5. The van der Waals surface area contributed by atoms with E-state index in [0.717, 1.165) is 11.6 Å². The molecule has 0 spiro atoms. The van der Waals surface area contributed by atoms with Crippen LogP contribution in [-0.4, -0.2) is 52.0 Å². The third-order valence-electron chi connectivity index (χ3n) is 4.43. The number of nitrogens with zero attached hydrogens (tertiary/aromatic N) is 4. The van der Waals surface area contributed by atoms with Crippen LogP contribution >= 0.6 is 22.9 Å². The lowest BCUT2D eigenvalue weighted by Gasteiger charge is -2.34. The van der Waals surface area contributed by atoms with Crippen LogP contribution in [0.3, 0.4) is 0 Å². The van der Waals surface area contributed by atoms with Crippen molar-refractivity contribution in [2.45, 2.75) is 6.54 Å². The summed E-state index contributed by atoms with van der Waals surface area (Å²) in [4.78, 5) is 20.7. The SMILES string of the molecule is O=C(c1ccc(Cl)cc1F)N1CCN(Cc2nc(-c3ccsc3)no2)CC1. The van der Waals surface area contributed by atoms with E-state index in [-0.39, 0.29) is 16.5 Å². The van der Waals surface area contributed by atoms with Gasteiger partial charge in [-0.3, -0.25) is 9.69 Å². The summed E-state index contributed by atoms with van der Waals surface area (Å²) in [5, 5.41) is 8.20. The summed E-state index contributed by atoms with van der Waals surface area (Å²) >= 11 is 7.33. The zero-order valence-electron chi connectivity index (χ0n) is 14.3. The van der Waals surface area contributed by atoms with Crippen molar-refractivity contribution in [1.29, 1.82) is 0 Å². The lowest BCUT2D eigenvalue weighted by molar-refractivity contribution is 0.0610. The maximum atomic E-state index is 14.0. The van der Waals surface area contributed by atoms with Gasteiger partial charge in [0.15, 0.2) is 0 Å². The number of piperazine rings is 1. The largest absolute Gasteiger partial charge is 0.338 e. The van der Waals surface area contributed by atoms with Gasteiger partial charge in [-0.1, -0.05) is 16.8 Å². The normalized spacial score (nSPS) is 15.3. The van der Waals surface area contributed by atoms with E-state index in [1.54, 1.807) is 16.2 Å². The monoisotopic (exact) mass is 406 g/mol. The summed E-state index contributed by atoms with van der Waals surface area (Å²) in [5.74, 6) is 0.209. The highest BCUT2D eigenvalue weighted by Crippen LogP contribution is 2.20. The van der Waals surface area contributed by atoms with Crippen LogP contribution < -0.4 is 0 Å². The van der Waals surface area contributed by atoms with Gasteiger partial charge in [0.05, 0.1) is 12.1 Å². The van der Waals surface area contributed by atoms with E-state index >= 15 is 0 Å². The van der Waals surface area contributed by atoms with Crippen molar-refractivity contribution in [2.24, 2.45) is 0 Å². The number of rotatable bonds is 4. The molecule has 2 aromatic heterocycles. The molecule has 0 radical (unpaired) electrons. The first-order valence-electron chi connectivity index (χ1n) is 8.42. The molecule has 3 aromatic rings. The molecule has 0 N–H and O–H groups in total. The standard InChI is InChI=1S/C18H16ClFN4O2S/c19-13-1-2-14(15(20)9-13)18(25)24-6-4-23(5-7-24)10-16-21-17(22-26-16)12-3-8-27-11-12/h1-3,8-9,11H,4-7,10H2. The highest BCUT2D eigenvalue weighted by Gasteiger charge is 2.25. The van der Waals surface area contributed by atoms with Gasteiger partial charge in [0, 0.05) is 42.1 Å². The Morgan fingerprint density at radius 2 is 2.07 bits per heavy atom. The van der Waals surface area contributed by atoms with Crippen LogP contribution in [0.25, 0.3) is 11.4 Å². The number of hydrogen-bond donors (Lipinski definition) is 0. The number of carbonyl (C=O) groups excluding carboxylic acids is 1. The predicted molar refractivity (Wildman–Crippen MR) is 100 cm³/mol. The fraction of sp³-hybridized carbons (Fsp3) is 0.278. The van der Waals surface area contributed by atoms with E-state index in [1.165, 1.54) is 12.1 Å². The molecule has 1 aliphatic rings. The van der Waals surface area contributed by atoms with Crippen molar-refractivity contribution in [3.63, 3.8) is 0 Å². The molecule has 0 atom stereocenters. The molecule has 0 bridgehead atoms. The zero-order valence-corrected chi connectivity index (χ0v) is 15.8. The number of carbonyl (C=O) groups is 1. The molecule has 9 heteroatoms. The summed E-state index contributed by atoms with van der Waals surface area (Å²) in [6.45, 7) is 2.83. The van der Waals surface area contributed by atoms with Crippen molar-refractivity contribution < 1.29 is 13.7 Å². The molecule has 3 heterocycles. The quantitative estimate of drug-likeness (QED) is 0.663. The van der Waals surface area contributed by atoms with E-state index in [1.807, 2.05) is 16.8 Å². The van der Waals surface area contributed by atoms with Gasteiger partial charge in [-0.15, -0.1) is 0 Å². The van der Waals surface area contributed by atoms with Gasteiger partial charge < -0.3 is 9.42 Å². The predicted octanol–water partition coefficient (Wildman–Crippen LogP) is 3.55. The Hall–Kier alpha value is -2.29. The number of hydrogen-bond acceptors (Lipinski definition) is 6. The molecule has 1 aliphatic heterocycles. The molecule has 1 saturated heterocycles. The molecule has 4 rings (SSSR count). The summed E-state index contributed by atoms with van der Waals surface area (Å²) in [6, 6.07) is 6.05. The zero-order chi connectivity index (χ0) is 18.8. The van der Waals surface area contributed by atoms with Crippen molar-refractivity contribution in [1.82, 2.24) is 19.9 Å². The molecule has 1 fully saturated rings. The van der Waals surface area contributed by atoms with Gasteiger partial charge in [-0.2, -0.15) is 16.3 Å². The lowest BCUT2D eigenvalue weighted by Crippen LogP contribution is -2.48. The smallest absolute Gasteiger partial charge is 0.256 e. The maximum Gasteiger partial charge on any atom is 0.256 e. The molecule has 1 amide bonds. The first kappa shape index (κ1) is 18.1. The number of halogens is 2. The van der Waals surface area contributed by atoms with Crippen LogP contribution in [0.2, 0.25) is 5.02 Å². The minimum Gasteiger partial charge on any atom is -0.338 e. The summed E-state index contributed by atoms with van der Waals surface area (Å²) in [6.07, 6.45) is 0. The number of thiophene rings is 1. The Morgan fingerprint density at radius 1 is 1.26 bits per heavy atom.